The number of halogens is 1. The Bertz CT molecular complexity index is 699. The molecule has 1 aromatic carbocycles. The molecule has 1 saturated heterocycles. The van der Waals surface area contributed by atoms with E-state index in [0.29, 0.717) is 11.4 Å². The summed E-state index contributed by atoms with van der Waals surface area (Å²) in [4.78, 5) is 15.5. The highest BCUT2D eigenvalue weighted by Crippen LogP contribution is 2.25. The van der Waals surface area contributed by atoms with Gasteiger partial charge in [-0.25, -0.2) is 0 Å². The molecule has 1 fully saturated rings. The minimum atomic E-state index is -0.0394. The maximum absolute atomic E-state index is 12.4. The van der Waals surface area contributed by atoms with Gasteiger partial charge in [0.1, 0.15) is 5.75 Å². The monoisotopic (exact) mass is 424 g/mol. The van der Waals surface area contributed by atoms with Crippen molar-refractivity contribution in [2.75, 3.05) is 40.0 Å². The number of thiophene rings is 1. The van der Waals surface area contributed by atoms with Crippen LogP contribution in [-0.2, 0) is 4.74 Å². The van der Waals surface area contributed by atoms with E-state index in [2.05, 4.69) is 38.3 Å². The Hall–Kier alpha value is -1.41. The van der Waals surface area contributed by atoms with Crippen LogP contribution in [0.25, 0.3) is 0 Å². The first kappa shape index (κ1) is 18.4. The van der Waals surface area contributed by atoms with Gasteiger partial charge in [-0.15, -0.1) is 11.3 Å². The number of methoxy groups -OCH3 is 1. The van der Waals surface area contributed by atoms with Gasteiger partial charge in [-0.2, -0.15) is 0 Å². The first-order chi connectivity index (χ1) is 12.2. The Morgan fingerprint density at radius 2 is 2.00 bits per heavy atom. The van der Waals surface area contributed by atoms with Gasteiger partial charge in [-0.1, -0.05) is 12.1 Å². The molecule has 0 aliphatic carbocycles. The number of amides is 1. The van der Waals surface area contributed by atoms with Crippen molar-refractivity contribution in [1.82, 2.24) is 10.2 Å². The Kier molecular flexibility index (Phi) is 6.47. The molecule has 1 aromatic heterocycles. The summed E-state index contributed by atoms with van der Waals surface area (Å²) in [6.07, 6.45) is 0. The molecule has 7 heteroatoms. The fourth-order valence-electron chi connectivity index (χ4n) is 2.89. The summed E-state index contributed by atoms with van der Waals surface area (Å²) in [6.45, 7) is 3.71. The third-order valence-electron chi connectivity index (χ3n) is 4.24. The van der Waals surface area contributed by atoms with Crippen LogP contribution in [0.1, 0.15) is 21.3 Å². The van der Waals surface area contributed by atoms with Crippen molar-refractivity contribution in [1.29, 1.82) is 0 Å². The molecule has 1 atom stereocenters. The van der Waals surface area contributed by atoms with E-state index in [4.69, 9.17) is 9.47 Å². The first-order valence-electron chi connectivity index (χ1n) is 8.16. The molecular weight excluding hydrogens is 404 g/mol. The lowest BCUT2D eigenvalue weighted by atomic mass is 10.0. The molecule has 0 bridgehead atoms. The van der Waals surface area contributed by atoms with Crippen LogP contribution >= 0.6 is 27.3 Å². The molecule has 2 heterocycles. The topological polar surface area (TPSA) is 50.8 Å². The van der Waals surface area contributed by atoms with Crippen LogP contribution in [0.3, 0.4) is 0 Å². The van der Waals surface area contributed by atoms with Crippen LogP contribution in [0.5, 0.6) is 5.75 Å². The molecule has 1 aliphatic rings. The molecule has 25 heavy (non-hydrogen) atoms. The lowest BCUT2D eigenvalue weighted by Gasteiger charge is -2.35. The second kappa shape index (κ2) is 8.80. The van der Waals surface area contributed by atoms with E-state index in [1.54, 1.807) is 7.11 Å². The van der Waals surface area contributed by atoms with E-state index in [0.717, 1.165) is 41.4 Å². The van der Waals surface area contributed by atoms with Crippen LogP contribution in [-0.4, -0.2) is 50.8 Å². The van der Waals surface area contributed by atoms with E-state index in [-0.39, 0.29) is 11.9 Å². The Morgan fingerprint density at radius 1 is 1.28 bits per heavy atom. The molecule has 0 radical (unpaired) electrons. The highest BCUT2D eigenvalue weighted by atomic mass is 79.9. The molecule has 1 aliphatic heterocycles. The highest BCUT2D eigenvalue weighted by Gasteiger charge is 2.23. The standard InChI is InChI=1S/C18H21BrN2O3S/c1-23-14-4-2-13(3-5-14)15(21-8-10-24-11-9-21)12-20-18(22)16-6-7-17(19)25-16/h2-7,15H,8-12H2,1H3,(H,20,22)/t15-/m1/s1. The van der Waals surface area contributed by atoms with Crippen LogP contribution in [0.15, 0.2) is 40.2 Å². The normalized spacial score (nSPS) is 16.4. The molecule has 0 spiro atoms. The van der Waals surface area contributed by atoms with Crippen molar-refractivity contribution in [3.8, 4) is 5.75 Å². The zero-order chi connectivity index (χ0) is 17.6. The summed E-state index contributed by atoms with van der Waals surface area (Å²) in [5.41, 5.74) is 1.16. The Labute approximate surface area is 160 Å². The van der Waals surface area contributed by atoms with Gasteiger partial charge in [0.05, 0.1) is 35.0 Å². The quantitative estimate of drug-likeness (QED) is 0.772. The number of carbonyl (C=O) groups excluding carboxylic acids is 1. The van der Waals surface area contributed by atoms with Crippen LogP contribution < -0.4 is 10.1 Å². The summed E-state index contributed by atoms with van der Waals surface area (Å²) in [7, 11) is 1.66. The Balaban J connectivity index is 1.72. The number of rotatable bonds is 6. The van der Waals surface area contributed by atoms with Crippen molar-refractivity contribution in [3.05, 3.63) is 50.6 Å². The molecule has 0 unspecified atom stereocenters. The number of nitrogens with one attached hydrogen (secondary N) is 1. The Morgan fingerprint density at radius 3 is 2.60 bits per heavy atom. The minimum absolute atomic E-state index is 0.0394. The number of ether oxygens (including phenoxy) is 2. The van der Waals surface area contributed by atoms with Gasteiger partial charge in [0.2, 0.25) is 0 Å². The fraction of sp³-hybridized carbons (Fsp3) is 0.389. The van der Waals surface area contributed by atoms with Crippen molar-refractivity contribution in [2.45, 2.75) is 6.04 Å². The van der Waals surface area contributed by atoms with Crippen LogP contribution in [0.4, 0.5) is 0 Å². The lowest BCUT2D eigenvalue weighted by molar-refractivity contribution is 0.0162. The minimum Gasteiger partial charge on any atom is -0.497 e. The predicted molar refractivity (Wildman–Crippen MR) is 102 cm³/mol. The average molecular weight is 425 g/mol. The summed E-state index contributed by atoms with van der Waals surface area (Å²) in [6, 6.07) is 11.9. The molecular formula is C18H21BrN2O3S. The highest BCUT2D eigenvalue weighted by molar-refractivity contribution is 9.11. The van der Waals surface area contributed by atoms with E-state index >= 15 is 0 Å². The summed E-state index contributed by atoms with van der Waals surface area (Å²) in [5.74, 6) is 0.791. The maximum Gasteiger partial charge on any atom is 0.261 e. The van der Waals surface area contributed by atoms with Crippen molar-refractivity contribution >= 4 is 33.2 Å². The van der Waals surface area contributed by atoms with E-state index in [1.165, 1.54) is 11.3 Å². The molecule has 0 saturated carbocycles. The van der Waals surface area contributed by atoms with Gasteiger partial charge in [0, 0.05) is 19.6 Å². The second-order valence-corrected chi connectivity index (χ2v) is 8.21. The van der Waals surface area contributed by atoms with Gasteiger partial charge >= 0.3 is 0 Å². The number of nitrogens with zero attached hydrogens (tertiary/aromatic N) is 1. The van der Waals surface area contributed by atoms with Crippen molar-refractivity contribution in [2.24, 2.45) is 0 Å². The summed E-state index contributed by atoms with van der Waals surface area (Å²) >= 11 is 4.84. The summed E-state index contributed by atoms with van der Waals surface area (Å²) in [5, 5.41) is 3.07. The fourth-order valence-corrected chi connectivity index (χ4v) is 4.19. The molecule has 3 rings (SSSR count). The number of morpholine rings is 1. The number of benzene rings is 1. The third kappa shape index (κ3) is 4.82. The molecule has 2 aromatic rings. The zero-order valence-corrected chi connectivity index (χ0v) is 16.4. The zero-order valence-electron chi connectivity index (χ0n) is 14.0. The number of hydrogen-bond donors (Lipinski definition) is 1. The summed E-state index contributed by atoms with van der Waals surface area (Å²) < 4.78 is 11.7. The van der Waals surface area contributed by atoms with E-state index < -0.39 is 0 Å². The molecule has 134 valence electrons. The largest absolute Gasteiger partial charge is 0.497 e. The van der Waals surface area contributed by atoms with Crippen molar-refractivity contribution in [3.63, 3.8) is 0 Å². The van der Waals surface area contributed by atoms with Gasteiger partial charge in [0.25, 0.3) is 5.91 Å². The lowest BCUT2D eigenvalue weighted by Crippen LogP contribution is -2.43. The number of carbonyl (C=O) groups is 1. The maximum atomic E-state index is 12.4. The van der Waals surface area contributed by atoms with Crippen LogP contribution in [0.2, 0.25) is 0 Å². The molecule has 5 nitrogen and oxygen atoms in total. The van der Waals surface area contributed by atoms with Gasteiger partial charge in [-0.05, 0) is 45.8 Å². The van der Waals surface area contributed by atoms with Crippen LogP contribution in [0, 0.1) is 0 Å². The third-order valence-corrected chi connectivity index (χ3v) is 5.86. The smallest absolute Gasteiger partial charge is 0.261 e. The predicted octanol–water partition coefficient (Wildman–Crippen LogP) is 3.32. The molecule has 1 amide bonds. The van der Waals surface area contributed by atoms with Gasteiger partial charge < -0.3 is 14.8 Å². The van der Waals surface area contributed by atoms with E-state index in [1.807, 2.05) is 24.3 Å². The SMILES string of the molecule is COc1ccc([C@@H](CNC(=O)c2ccc(Br)s2)N2CCOCC2)cc1. The van der Waals surface area contributed by atoms with Crippen molar-refractivity contribution < 1.29 is 14.3 Å². The van der Waals surface area contributed by atoms with Gasteiger partial charge in [-0.3, -0.25) is 9.69 Å². The van der Waals surface area contributed by atoms with E-state index in [9.17, 15) is 4.79 Å². The second-order valence-electron chi connectivity index (χ2n) is 5.75. The van der Waals surface area contributed by atoms with Gasteiger partial charge in [0.15, 0.2) is 0 Å². The first-order valence-corrected chi connectivity index (χ1v) is 9.77. The average Bonchev–Trinajstić information content (AvgIpc) is 3.10. The molecule has 1 N–H and O–H groups in total. The number of hydrogen-bond acceptors (Lipinski definition) is 5.